The molecule has 0 radical (unpaired) electrons. The molecule has 0 unspecified atom stereocenters. The Kier molecular flexibility index (Phi) is 5.09. The zero-order valence-corrected chi connectivity index (χ0v) is 19.8. The molecule has 166 valence electrons. The molecule has 5 rings (SSSR count). The topological polar surface area (TPSA) is 81.3 Å². The summed E-state index contributed by atoms with van der Waals surface area (Å²) in [5, 5.41) is 4.32. The van der Waals surface area contributed by atoms with E-state index in [2.05, 4.69) is 36.1 Å². The summed E-state index contributed by atoms with van der Waals surface area (Å²) in [6.45, 7) is 6.72. The molecule has 9 heteroatoms. The second kappa shape index (κ2) is 7.71. The van der Waals surface area contributed by atoms with Gasteiger partial charge in [0.2, 0.25) is 5.91 Å². The Morgan fingerprint density at radius 2 is 2.03 bits per heavy atom. The van der Waals surface area contributed by atoms with Gasteiger partial charge in [-0.2, -0.15) is 4.98 Å². The highest BCUT2D eigenvalue weighted by molar-refractivity contribution is 7.19. The van der Waals surface area contributed by atoms with E-state index in [0.717, 1.165) is 29.5 Å². The largest absolute Gasteiger partial charge is 0.365 e. The smallest absolute Gasteiger partial charge is 0.324 e. The van der Waals surface area contributed by atoms with Gasteiger partial charge in [-0.15, -0.1) is 11.3 Å². The lowest BCUT2D eigenvalue weighted by atomic mass is 9.72. The van der Waals surface area contributed by atoms with Crippen LogP contribution in [0.5, 0.6) is 0 Å². The SMILES string of the molecule is CC(C)(C)[C@@H]1CCc2c(sc3ncn4c(nc(=O)n4CC(=O)Nc4ccc(Cl)cc4)c23)C1. The number of nitrogens with zero attached hydrogens (tertiary/aromatic N) is 4. The van der Waals surface area contributed by atoms with Crippen molar-refractivity contribution in [2.45, 2.75) is 46.6 Å². The van der Waals surface area contributed by atoms with E-state index in [-0.39, 0.29) is 17.9 Å². The zero-order chi connectivity index (χ0) is 22.6. The quantitative estimate of drug-likeness (QED) is 0.477. The van der Waals surface area contributed by atoms with Crippen LogP contribution in [0.1, 0.15) is 37.6 Å². The van der Waals surface area contributed by atoms with Crippen molar-refractivity contribution >= 4 is 50.4 Å². The first-order valence-corrected chi connectivity index (χ1v) is 11.8. The van der Waals surface area contributed by atoms with Gasteiger partial charge in [0.25, 0.3) is 0 Å². The number of benzene rings is 1. The van der Waals surface area contributed by atoms with Crippen molar-refractivity contribution < 1.29 is 4.79 Å². The van der Waals surface area contributed by atoms with Crippen LogP contribution in [0.25, 0.3) is 15.9 Å². The molecule has 32 heavy (non-hydrogen) atoms. The Labute approximate surface area is 194 Å². The monoisotopic (exact) mass is 469 g/mol. The van der Waals surface area contributed by atoms with Gasteiger partial charge in [-0.3, -0.25) is 4.79 Å². The number of carbonyl (C=O) groups excluding carboxylic acids is 1. The van der Waals surface area contributed by atoms with Crippen molar-refractivity contribution in [2.75, 3.05) is 5.32 Å². The van der Waals surface area contributed by atoms with Gasteiger partial charge in [0.15, 0.2) is 5.65 Å². The van der Waals surface area contributed by atoms with Gasteiger partial charge in [0, 0.05) is 15.6 Å². The molecule has 3 aromatic heterocycles. The second-order valence-corrected chi connectivity index (χ2v) is 10.9. The summed E-state index contributed by atoms with van der Waals surface area (Å²) in [4.78, 5) is 36.4. The van der Waals surface area contributed by atoms with Crippen molar-refractivity contribution in [3.8, 4) is 0 Å². The number of rotatable bonds is 3. The molecule has 0 spiro atoms. The molecule has 0 saturated heterocycles. The van der Waals surface area contributed by atoms with Crippen LogP contribution < -0.4 is 11.0 Å². The molecule has 0 fully saturated rings. The number of aryl methyl sites for hydroxylation is 1. The number of carbonyl (C=O) groups is 1. The number of nitrogens with one attached hydrogen (secondary N) is 1. The fraction of sp³-hybridized carbons (Fsp3) is 0.391. The van der Waals surface area contributed by atoms with Crippen molar-refractivity contribution in [3.63, 3.8) is 0 Å². The van der Waals surface area contributed by atoms with E-state index in [1.807, 2.05) is 0 Å². The van der Waals surface area contributed by atoms with E-state index in [1.165, 1.54) is 15.1 Å². The first-order valence-electron chi connectivity index (χ1n) is 10.6. The molecular formula is C23H24ClN5O2S. The molecule has 0 bridgehead atoms. The molecule has 4 aromatic rings. The van der Waals surface area contributed by atoms with Crippen molar-refractivity contribution in [1.82, 2.24) is 19.2 Å². The van der Waals surface area contributed by atoms with E-state index in [0.29, 0.717) is 22.3 Å². The highest BCUT2D eigenvalue weighted by atomic mass is 35.5. The summed E-state index contributed by atoms with van der Waals surface area (Å²) in [5.74, 6) is 0.298. The molecule has 7 nitrogen and oxygen atoms in total. The zero-order valence-electron chi connectivity index (χ0n) is 18.2. The fourth-order valence-corrected chi connectivity index (χ4v) is 5.83. The number of halogens is 1. The molecule has 1 amide bonds. The van der Waals surface area contributed by atoms with Crippen LogP contribution in [0.4, 0.5) is 5.69 Å². The number of hydrogen-bond acceptors (Lipinski definition) is 5. The molecule has 1 aliphatic rings. The third kappa shape index (κ3) is 3.71. The summed E-state index contributed by atoms with van der Waals surface area (Å²) in [6, 6.07) is 6.82. The number of hydrogen-bond donors (Lipinski definition) is 1. The van der Waals surface area contributed by atoms with Gasteiger partial charge in [0.1, 0.15) is 17.7 Å². The summed E-state index contributed by atoms with van der Waals surface area (Å²) in [5.41, 5.74) is 2.24. The standard InChI is InChI=1S/C23H24ClN5O2S/c1-23(2,3)13-4-9-16-17(10-13)32-21-19(16)20-27-22(31)28(29(20)12-25-21)11-18(30)26-15-7-5-14(24)6-8-15/h5-8,12-13H,4,9-11H2,1-3H3,(H,26,30)/t13-/m1/s1. The average molecular weight is 470 g/mol. The Hall–Kier alpha value is -2.71. The van der Waals surface area contributed by atoms with E-state index in [9.17, 15) is 9.59 Å². The van der Waals surface area contributed by atoms with Crippen LogP contribution in [0.2, 0.25) is 5.02 Å². The molecule has 3 heterocycles. The van der Waals surface area contributed by atoms with Gasteiger partial charge in [-0.1, -0.05) is 32.4 Å². The number of aromatic nitrogens is 4. The lowest BCUT2D eigenvalue weighted by molar-refractivity contribution is -0.117. The first kappa shape index (κ1) is 21.2. The third-order valence-electron chi connectivity index (χ3n) is 6.30. The molecule has 0 saturated carbocycles. The second-order valence-electron chi connectivity index (χ2n) is 9.41. The van der Waals surface area contributed by atoms with Gasteiger partial charge in [-0.25, -0.2) is 19.0 Å². The third-order valence-corrected chi connectivity index (χ3v) is 7.71. The van der Waals surface area contributed by atoms with Gasteiger partial charge in [0.05, 0.1) is 5.39 Å². The number of thiophene rings is 1. The molecule has 1 aromatic carbocycles. The summed E-state index contributed by atoms with van der Waals surface area (Å²) in [6.07, 6.45) is 4.68. The molecule has 1 atom stereocenters. The highest BCUT2D eigenvalue weighted by Crippen LogP contribution is 2.43. The first-order chi connectivity index (χ1) is 15.2. The van der Waals surface area contributed by atoms with Crippen LogP contribution in [-0.2, 0) is 24.2 Å². The maximum absolute atomic E-state index is 12.7. The lowest BCUT2D eigenvalue weighted by Crippen LogP contribution is -2.28. The minimum absolute atomic E-state index is 0.158. The Morgan fingerprint density at radius 3 is 2.75 bits per heavy atom. The van der Waals surface area contributed by atoms with Crippen molar-refractivity contribution in [3.05, 3.63) is 56.5 Å². The van der Waals surface area contributed by atoms with Gasteiger partial charge in [-0.05, 0) is 60.4 Å². The van der Waals surface area contributed by atoms with Crippen LogP contribution in [-0.4, -0.2) is 25.1 Å². The molecule has 1 aliphatic carbocycles. The van der Waals surface area contributed by atoms with Crippen LogP contribution in [0.3, 0.4) is 0 Å². The van der Waals surface area contributed by atoms with Gasteiger partial charge < -0.3 is 5.32 Å². The average Bonchev–Trinajstić information content (AvgIpc) is 3.26. The minimum atomic E-state index is -0.464. The number of amides is 1. The summed E-state index contributed by atoms with van der Waals surface area (Å²) in [7, 11) is 0. The van der Waals surface area contributed by atoms with Gasteiger partial charge >= 0.3 is 5.69 Å². The molecular weight excluding hydrogens is 446 g/mol. The fourth-order valence-electron chi connectivity index (χ4n) is 4.45. The van der Waals surface area contributed by atoms with Crippen LogP contribution in [0.15, 0.2) is 35.4 Å². The van der Waals surface area contributed by atoms with Crippen LogP contribution >= 0.6 is 22.9 Å². The Bertz CT molecular complexity index is 1390. The van der Waals surface area contributed by atoms with Crippen molar-refractivity contribution in [2.24, 2.45) is 11.3 Å². The highest BCUT2D eigenvalue weighted by Gasteiger charge is 2.32. The van der Waals surface area contributed by atoms with Crippen molar-refractivity contribution in [1.29, 1.82) is 0 Å². The number of fused-ring (bicyclic) bond motifs is 5. The maximum atomic E-state index is 12.7. The summed E-state index contributed by atoms with van der Waals surface area (Å²) >= 11 is 7.59. The normalized spacial score (nSPS) is 16.4. The van der Waals surface area contributed by atoms with E-state index in [1.54, 1.807) is 46.4 Å². The minimum Gasteiger partial charge on any atom is -0.324 e. The summed E-state index contributed by atoms with van der Waals surface area (Å²) < 4.78 is 2.92. The lowest BCUT2D eigenvalue weighted by Gasteiger charge is -2.33. The maximum Gasteiger partial charge on any atom is 0.365 e. The predicted octanol–water partition coefficient (Wildman–Crippen LogP) is 4.55. The van der Waals surface area contributed by atoms with E-state index < -0.39 is 5.69 Å². The Balaban J connectivity index is 1.49. The number of anilines is 1. The van der Waals surface area contributed by atoms with Crippen LogP contribution in [0, 0.1) is 11.3 Å². The Morgan fingerprint density at radius 1 is 1.28 bits per heavy atom. The molecule has 1 N–H and O–H groups in total. The predicted molar refractivity (Wildman–Crippen MR) is 128 cm³/mol. The van der Waals surface area contributed by atoms with E-state index >= 15 is 0 Å². The molecule has 0 aliphatic heterocycles. The van der Waals surface area contributed by atoms with E-state index in [4.69, 9.17) is 11.6 Å².